The molecule has 0 atom stereocenters. The summed E-state index contributed by atoms with van der Waals surface area (Å²) < 4.78 is 13.3. The predicted molar refractivity (Wildman–Crippen MR) is 65.4 cm³/mol. The molecule has 1 aromatic carbocycles. The molecule has 0 aliphatic carbocycles. The molecule has 0 unspecified atom stereocenters. The fourth-order valence-electron chi connectivity index (χ4n) is 1.25. The molecule has 2 aromatic rings. The number of aromatic nitrogens is 3. The molecule has 0 aliphatic heterocycles. The fraction of sp³-hybridized carbons (Fsp3) is 0.182. The van der Waals surface area contributed by atoms with Crippen molar-refractivity contribution in [2.45, 2.75) is 11.4 Å². The largest absolute Gasteiger partial charge is 0.348 e. The normalized spacial score (nSPS) is 10.3. The maximum atomic E-state index is 13.3. The number of H-pyrrole nitrogens is 1. The molecule has 0 aliphatic rings. The number of amides is 1. The smallest absolute Gasteiger partial charge is 0.230 e. The molecule has 0 fully saturated rings. The van der Waals surface area contributed by atoms with Crippen LogP contribution in [0.25, 0.3) is 0 Å². The minimum atomic E-state index is -0.314. The second-order valence-corrected chi connectivity index (χ2v) is 4.45. The first-order chi connectivity index (χ1) is 8.75. The van der Waals surface area contributed by atoms with E-state index in [2.05, 4.69) is 20.5 Å². The van der Waals surface area contributed by atoms with E-state index in [9.17, 15) is 9.18 Å². The zero-order valence-electron chi connectivity index (χ0n) is 9.39. The highest BCUT2D eigenvalue weighted by Crippen LogP contribution is 2.20. The van der Waals surface area contributed by atoms with E-state index in [1.165, 1.54) is 12.4 Å². The molecule has 18 heavy (non-hydrogen) atoms. The van der Waals surface area contributed by atoms with Gasteiger partial charge in [0.05, 0.1) is 12.3 Å². The number of thioether (sulfide) groups is 1. The molecule has 2 rings (SSSR count). The number of aromatic amines is 1. The van der Waals surface area contributed by atoms with Gasteiger partial charge in [-0.3, -0.25) is 9.89 Å². The summed E-state index contributed by atoms with van der Waals surface area (Å²) in [6, 6.07) is 6.36. The Kier molecular flexibility index (Phi) is 4.30. The lowest BCUT2D eigenvalue weighted by atomic mass is 10.3. The summed E-state index contributed by atoms with van der Waals surface area (Å²) in [4.78, 5) is 15.8. The Labute approximate surface area is 107 Å². The average Bonchev–Trinajstić information content (AvgIpc) is 2.88. The van der Waals surface area contributed by atoms with Crippen LogP contribution in [-0.4, -0.2) is 26.8 Å². The first kappa shape index (κ1) is 12.6. The van der Waals surface area contributed by atoms with Crippen LogP contribution in [0.3, 0.4) is 0 Å². The van der Waals surface area contributed by atoms with E-state index in [0.29, 0.717) is 10.7 Å². The number of hydrogen-bond donors (Lipinski definition) is 2. The first-order valence-corrected chi connectivity index (χ1v) is 6.22. The molecule has 94 valence electrons. The number of nitrogens with one attached hydrogen (secondary N) is 2. The van der Waals surface area contributed by atoms with E-state index in [4.69, 9.17) is 0 Å². The number of carbonyl (C=O) groups excluding carboxylic acids is 1. The van der Waals surface area contributed by atoms with Crippen LogP contribution >= 0.6 is 11.8 Å². The Hall–Kier alpha value is -1.89. The summed E-state index contributed by atoms with van der Waals surface area (Å²) in [6.07, 6.45) is 1.37. The molecule has 2 N–H and O–H groups in total. The van der Waals surface area contributed by atoms with E-state index in [1.807, 2.05) is 0 Å². The summed E-state index contributed by atoms with van der Waals surface area (Å²) in [7, 11) is 0. The van der Waals surface area contributed by atoms with E-state index in [0.717, 1.165) is 11.8 Å². The molecule has 1 amide bonds. The number of hydrogen-bond acceptors (Lipinski definition) is 4. The standard InChI is InChI=1S/C11H11FN4OS/c12-8-3-1-2-4-9(8)18-6-11(17)13-5-10-14-7-15-16-10/h1-4,7H,5-6H2,(H,13,17)(H,14,15,16). The summed E-state index contributed by atoms with van der Waals surface area (Å²) in [6.45, 7) is 0.288. The maximum Gasteiger partial charge on any atom is 0.230 e. The quantitative estimate of drug-likeness (QED) is 0.801. The van der Waals surface area contributed by atoms with Gasteiger partial charge >= 0.3 is 0 Å². The van der Waals surface area contributed by atoms with Gasteiger partial charge in [0.15, 0.2) is 0 Å². The van der Waals surface area contributed by atoms with Crippen molar-refractivity contribution in [3.8, 4) is 0 Å². The Morgan fingerprint density at radius 3 is 3.00 bits per heavy atom. The number of carbonyl (C=O) groups is 1. The third kappa shape index (κ3) is 3.56. The highest BCUT2D eigenvalue weighted by atomic mass is 32.2. The van der Waals surface area contributed by atoms with Crippen molar-refractivity contribution in [2.24, 2.45) is 0 Å². The summed E-state index contributed by atoms with van der Waals surface area (Å²) >= 11 is 1.16. The van der Waals surface area contributed by atoms with E-state index in [1.54, 1.807) is 18.2 Å². The molecule has 0 bridgehead atoms. The van der Waals surface area contributed by atoms with Crippen LogP contribution in [0, 0.1) is 5.82 Å². The Bertz CT molecular complexity index is 518. The van der Waals surface area contributed by atoms with Crippen LogP contribution < -0.4 is 5.32 Å². The van der Waals surface area contributed by atoms with Crippen molar-refractivity contribution >= 4 is 17.7 Å². The van der Waals surface area contributed by atoms with E-state index in [-0.39, 0.29) is 24.0 Å². The zero-order valence-corrected chi connectivity index (χ0v) is 10.2. The topological polar surface area (TPSA) is 70.7 Å². The van der Waals surface area contributed by atoms with Crippen LogP contribution in [0.4, 0.5) is 4.39 Å². The van der Waals surface area contributed by atoms with Gasteiger partial charge in [-0.15, -0.1) is 11.8 Å². The molecular formula is C11H11FN4OS. The summed E-state index contributed by atoms with van der Waals surface area (Å²) in [5.74, 6) is 0.249. The molecule has 1 heterocycles. The van der Waals surface area contributed by atoms with Crippen molar-refractivity contribution in [1.82, 2.24) is 20.5 Å². The van der Waals surface area contributed by atoms with Crippen LogP contribution in [0.1, 0.15) is 5.82 Å². The Morgan fingerprint density at radius 1 is 1.44 bits per heavy atom. The summed E-state index contributed by atoms with van der Waals surface area (Å²) in [5, 5.41) is 8.95. The van der Waals surface area contributed by atoms with Gasteiger partial charge in [-0.05, 0) is 12.1 Å². The van der Waals surface area contributed by atoms with Gasteiger partial charge in [-0.25, -0.2) is 9.37 Å². The van der Waals surface area contributed by atoms with Gasteiger partial charge in [-0.1, -0.05) is 12.1 Å². The van der Waals surface area contributed by atoms with Gasteiger partial charge in [0.2, 0.25) is 5.91 Å². The fourth-order valence-corrected chi connectivity index (χ4v) is 2.02. The lowest BCUT2D eigenvalue weighted by Crippen LogP contribution is -2.25. The molecule has 7 heteroatoms. The zero-order chi connectivity index (χ0) is 12.8. The van der Waals surface area contributed by atoms with Crippen molar-refractivity contribution in [1.29, 1.82) is 0 Å². The van der Waals surface area contributed by atoms with Crippen molar-refractivity contribution in [3.63, 3.8) is 0 Å². The number of benzene rings is 1. The minimum absolute atomic E-state index is 0.162. The van der Waals surface area contributed by atoms with Gasteiger partial charge in [0, 0.05) is 4.90 Å². The van der Waals surface area contributed by atoms with E-state index >= 15 is 0 Å². The van der Waals surface area contributed by atoms with E-state index < -0.39 is 0 Å². The maximum absolute atomic E-state index is 13.3. The SMILES string of the molecule is O=C(CSc1ccccc1F)NCc1ncn[nH]1. The Morgan fingerprint density at radius 2 is 2.28 bits per heavy atom. The third-order valence-corrected chi connectivity index (χ3v) is 3.16. The van der Waals surface area contributed by atoms with Gasteiger partial charge in [0.1, 0.15) is 18.0 Å². The van der Waals surface area contributed by atoms with Crippen LogP contribution in [0.2, 0.25) is 0 Å². The minimum Gasteiger partial charge on any atom is -0.348 e. The second kappa shape index (κ2) is 6.15. The van der Waals surface area contributed by atoms with Gasteiger partial charge in [0.25, 0.3) is 0 Å². The highest BCUT2D eigenvalue weighted by molar-refractivity contribution is 8.00. The van der Waals surface area contributed by atoms with Gasteiger partial charge < -0.3 is 5.32 Å². The third-order valence-electron chi connectivity index (χ3n) is 2.11. The summed E-state index contributed by atoms with van der Waals surface area (Å²) in [5.41, 5.74) is 0. The van der Waals surface area contributed by atoms with Crippen LogP contribution in [-0.2, 0) is 11.3 Å². The van der Waals surface area contributed by atoms with Crippen LogP contribution in [0.5, 0.6) is 0 Å². The lowest BCUT2D eigenvalue weighted by molar-refractivity contribution is -0.118. The van der Waals surface area contributed by atoms with Crippen molar-refractivity contribution in [2.75, 3.05) is 5.75 Å². The average molecular weight is 266 g/mol. The van der Waals surface area contributed by atoms with Crippen LogP contribution in [0.15, 0.2) is 35.5 Å². The van der Waals surface area contributed by atoms with Crippen molar-refractivity contribution < 1.29 is 9.18 Å². The van der Waals surface area contributed by atoms with Gasteiger partial charge in [-0.2, -0.15) is 5.10 Å². The molecule has 0 radical (unpaired) electrons. The molecule has 1 aromatic heterocycles. The first-order valence-electron chi connectivity index (χ1n) is 5.24. The molecule has 0 saturated heterocycles. The number of halogens is 1. The molecular weight excluding hydrogens is 255 g/mol. The molecule has 0 saturated carbocycles. The second-order valence-electron chi connectivity index (χ2n) is 3.43. The number of nitrogens with zero attached hydrogens (tertiary/aromatic N) is 2. The predicted octanol–water partition coefficient (Wildman–Crippen LogP) is 1.35. The molecule has 0 spiro atoms. The Balaban J connectivity index is 1.77. The number of rotatable bonds is 5. The molecule has 5 nitrogen and oxygen atoms in total. The highest BCUT2D eigenvalue weighted by Gasteiger charge is 2.06. The van der Waals surface area contributed by atoms with Crippen molar-refractivity contribution in [3.05, 3.63) is 42.2 Å². The lowest BCUT2D eigenvalue weighted by Gasteiger charge is -2.04. The monoisotopic (exact) mass is 266 g/mol.